The molecule has 1 aromatic heterocycles. The van der Waals surface area contributed by atoms with Gasteiger partial charge in [0.05, 0.1) is 6.20 Å². The third-order valence-corrected chi connectivity index (χ3v) is 3.90. The Bertz CT molecular complexity index is 640. The summed E-state index contributed by atoms with van der Waals surface area (Å²) in [5.74, 6) is 0.522. The fourth-order valence-electron chi connectivity index (χ4n) is 2.02. The van der Waals surface area contributed by atoms with E-state index in [9.17, 15) is 4.39 Å². The van der Waals surface area contributed by atoms with Crippen LogP contribution in [0.2, 0.25) is 5.15 Å². The SMILES string of the molecule is Cn1c(Cl)cnc1COc1ccc(CNC2CC2)cc1F. The maximum atomic E-state index is 14.0. The summed E-state index contributed by atoms with van der Waals surface area (Å²) < 4.78 is 21.2. The summed E-state index contributed by atoms with van der Waals surface area (Å²) in [7, 11) is 1.79. The molecule has 1 heterocycles. The Labute approximate surface area is 127 Å². The van der Waals surface area contributed by atoms with Gasteiger partial charge in [0, 0.05) is 19.6 Å². The summed E-state index contributed by atoms with van der Waals surface area (Å²) in [6.07, 6.45) is 3.98. The van der Waals surface area contributed by atoms with Gasteiger partial charge in [0.15, 0.2) is 11.6 Å². The minimum absolute atomic E-state index is 0.180. The maximum Gasteiger partial charge on any atom is 0.165 e. The summed E-state index contributed by atoms with van der Waals surface area (Å²) in [6.45, 7) is 0.872. The summed E-state index contributed by atoms with van der Waals surface area (Å²) >= 11 is 5.89. The molecule has 1 aliphatic rings. The van der Waals surface area contributed by atoms with Crippen LogP contribution in [0.25, 0.3) is 0 Å². The lowest BCUT2D eigenvalue weighted by Gasteiger charge is -2.09. The van der Waals surface area contributed by atoms with E-state index >= 15 is 0 Å². The van der Waals surface area contributed by atoms with Crippen LogP contribution in [0.5, 0.6) is 5.75 Å². The molecule has 0 spiro atoms. The number of hydrogen-bond acceptors (Lipinski definition) is 3. The Hall–Kier alpha value is -1.59. The summed E-state index contributed by atoms with van der Waals surface area (Å²) in [4.78, 5) is 4.11. The van der Waals surface area contributed by atoms with E-state index in [1.165, 1.54) is 18.9 Å². The Morgan fingerprint density at radius 2 is 2.29 bits per heavy atom. The molecule has 0 amide bonds. The molecule has 21 heavy (non-hydrogen) atoms. The fourth-order valence-corrected chi connectivity index (χ4v) is 2.17. The second-order valence-corrected chi connectivity index (χ2v) is 5.65. The number of ether oxygens (including phenoxy) is 1. The van der Waals surface area contributed by atoms with E-state index in [2.05, 4.69) is 10.3 Å². The Morgan fingerprint density at radius 1 is 1.48 bits per heavy atom. The van der Waals surface area contributed by atoms with Crippen molar-refractivity contribution >= 4 is 11.6 Å². The van der Waals surface area contributed by atoms with E-state index < -0.39 is 0 Å². The maximum absolute atomic E-state index is 14.0. The van der Waals surface area contributed by atoms with Gasteiger partial charge >= 0.3 is 0 Å². The zero-order valence-electron chi connectivity index (χ0n) is 11.8. The Kier molecular flexibility index (Phi) is 4.12. The first kappa shape index (κ1) is 14.4. The number of nitrogens with zero attached hydrogens (tertiary/aromatic N) is 2. The molecule has 1 aliphatic carbocycles. The molecule has 0 saturated heterocycles. The highest BCUT2D eigenvalue weighted by atomic mass is 35.5. The molecule has 112 valence electrons. The van der Waals surface area contributed by atoms with Gasteiger partial charge < -0.3 is 14.6 Å². The quantitative estimate of drug-likeness (QED) is 0.891. The zero-order chi connectivity index (χ0) is 14.8. The molecule has 2 aromatic rings. The van der Waals surface area contributed by atoms with Crippen LogP contribution in [0.1, 0.15) is 24.2 Å². The number of benzene rings is 1. The van der Waals surface area contributed by atoms with Crippen LogP contribution in [0.15, 0.2) is 24.4 Å². The van der Waals surface area contributed by atoms with Gasteiger partial charge in [-0.1, -0.05) is 17.7 Å². The Balaban J connectivity index is 1.61. The highest BCUT2D eigenvalue weighted by Crippen LogP contribution is 2.22. The molecule has 0 unspecified atom stereocenters. The molecule has 0 atom stereocenters. The van der Waals surface area contributed by atoms with E-state index in [0.29, 0.717) is 23.6 Å². The average molecular weight is 310 g/mol. The molecule has 0 aliphatic heterocycles. The van der Waals surface area contributed by atoms with Crippen molar-refractivity contribution in [2.45, 2.75) is 32.0 Å². The van der Waals surface area contributed by atoms with Gasteiger partial charge in [-0.15, -0.1) is 0 Å². The smallest absolute Gasteiger partial charge is 0.165 e. The van der Waals surface area contributed by atoms with E-state index in [-0.39, 0.29) is 18.2 Å². The van der Waals surface area contributed by atoms with Crippen molar-refractivity contribution in [3.05, 3.63) is 46.8 Å². The van der Waals surface area contributed by atoms with Crippen LogP contribution in [0, 0.1) is 5.82 Å². The van der Waals surface area contributed by atoms with Gasteiger partial charge in [0.25, 0.3) is 0 Å². The minimum atomic E-state index is -0.356. The first-order valence-electron chi connectivity index (χ1n) is 6.94. The van der Waals surface area contributed by atoms with Crippen LogP contribution >= 0.6 is 11.6 Å². The first-order valence-corrected chi connectivity index (χ1v) is 7.32. The van der Waals surface area contributed by atoms with Gasteiger partial charge in [-0.25, -0.2) is 9.37 Å². The predicted molar refractivity (Wildman–Crippen MR) is 78.8 cm³/mol. The summed E-state index contributed by atoms with van der Waals surface area (Å²) in [6, 6.07) is 5.65. The van der Waals surface area contributed by atoms with Crippen LogP contribution in [-0.2, 0) is 20.2 Å². The molecule has 1 aromatic carbocycles. The molecule has 1 fully saturated rings. The number of hydrogen-bond donors (Lipinski definition) is 1. The monoisotopic (exact) mass is 309 g/mol. The second-order valence-electron chi connectivity index (χ2n) is 5.26. The number of rotatable bonds is 6. The number of halogens is 2. The van der Waals surface area contributed by atoms with Gasteiger partial charge in [-0.05, 0) is 30.5 Å². The van der Waals surface area contributed by atoms with Crippen LogP contribution in [-0.4, -0.2) is 15.6 Å². The Morgan fingerprint density at radius 3 is 2.90 bits per heavy atom. The molecule has 3 rings (SSSR count). The van der Waals surface area contributed by atoms with Gasteiger partial charge in [0.2, 0.25) is 0 Å². The van der Waals surface area contributed by atoms with Crippen molar-refractivity contribution in [3.8, 4) is 5.75 Å². The van der Waals surface area contributed by atoms with Crippen LogP contribution in [0.4, 0.5) is 4.39 Å². The lowest BCUT2D eigenvalue weighted by atomic mass is 10.2. The van der Waals surface area contributed by atoms with Crippen molar-refractivity contribution in [1.82, 2.24) is 14.9 Å². The number of nitrogens with one attached hydrogen (secondary N) is 1. The lowest BCUT2D eigenvalue weighted by molar-refractivity contribution is 0.277. The fraction of sp³-hybridized carbons (Fsp3) is 0.400. The topological polar surface area (TPSA) is 39.1 Å². The molecule has 6 heteroatoms. The summed E-state index contributed by atoms with van der Waals surface area (Å²) in [5, 5.41) is 3.88. The molecule has 4 nitrogen and oxygen atoms in total. The van der Waals surface area contributed by atoms with Gasteiger partial charge in [-0.2, -0.15) is 0 Å². The molecule has 1 saturated carbocycles. The molecule has 0 radical (unpaired) electrons. The van der Waals surface area contributed by atoms with E-state index in [1.807, 2.05) is 6.07 Å². The van der Waals surface area contributed by atoms with Crippen molar-refractivity contribution in [3.63, 3.8) is 0 Å². The van der Waals surface area contributed by atoms with Crippen molar-refractivity contribution in [2.75, 3.05) is 0 Å². The highest BCUT2D eigenvalue weighted by Gasteiger charge is 2.20. The summed E-state index contributed by atoms with van der Waals surface area (Å²) in [5.41, 5.74) is 0.923. The normalized spacial score (nSPS) is 14.4. The van der Waals surface area contributed by atoms with E-state index in [1.54, 1.807) is 23.9 Å². The van der Waals surface area contributed by atoms with Gasteiger partial charge in [-0.3, -0.25) is 0 Å². The minimum Gasteiger partial charge on any atom is -0.483 e. The third-order valence-electron chi connectivity index (χ3n) is 3.55. The second kappa shape index (κ2) is 6.03. The van der Waals surface area contributed by atoms with Crippen LogP contribution in [0.3, 0.4) is 0 Å². The van der Waals surface area contributed by atoms with Gasteiger partial charge in [0.1, 0.15) is 17.6 Å². The zero-order valence-corrected chi connectivity index (χ0v) is 12.5. The van der Waals surface area contributed by atoms with Crippen molar-refractivity contribution < 1.29 is 9.13 Å². The molecular formula is C15H17ClFN3O. The van der Waals surface area contributed by atoms with E-state index in [4.69, 9.17) is 16.3 Å². The number of aromatic nitrogens is 2. The van der Waals surface area contributed by atoms with E-state index in [0.717, 1.165) is 5.56 Å². The first-order chi connectivity index (χ1) is 10.1. The lowest BCUT2D eigenvalue weighted by Crippen LogP contribution is -2.15. The van der Waals surface area contributed by atoms with Crippen molar-refractivity contribution in [1.29, 1.82) is 0 Å². The number of imidazole rings is 1. The third kappa shape index (κ3) is 3.54. The largest absolute Gasteiger partial charge is 0.483 e. The standard InChI is InChI=1S/C15H17ClFN3O/c1-20-14(16)8-19-15(20)9-21-13-5-2-10(6-12(13)17)7-18-11-3-4-11/h2,5-6,8,11,18H,3-4,7,9H2,1H3. The predicted octanol–water partition coefficient (Wildman–Crippen LogP) is 3.04. The van der Waals surface area contributed by atoms with Crippen LogP contribution < -0.4 is 10.1 Å². The molecular weight excluding hydrogens is 293 g/mol. The molecule has 1 N–H and O–H groups in total. The highest BCUT2D eigenvalue weighted by molar-refractivity contribution is 6.29. The average Bonchev–Trinajstić information content (AvgIpc) is 3.25. The molecule has 0 bridgehead atoms. The van der Waals surface area contributed by atoms with Crippen molar-refractivity contribution in [2.24, 2.45) is 7.05 Å².